The van der Waals surface area contributed by atoms with E-state index in [2.05, 4.69) is 14.6 Å². The smallest absolute Gasteiger partial charge is 0.467 e. The highest BCUT2D eigenvalue weighted by molar-refractivity contribution is 6.31. The number of imide groups is 1. The standard InChI is InChI=1S/C22H17ClF3N3O7/c1-33-18(30)21-10-12-9-13(23)3-8-16(12)17(21)27-28(11-35-21)19(31)29(20(32)34-2)14-4-6-15(7-5-14)36-22(24,25)26/h3-9H,10-11H2,1-2H3/i4D,5D,29+1. The number of benzene rings is 2. The maximum absolute atomic E-state index is 13.5. The summed E-state index contributed by atoms with van der Waals surface area (Å²) in [5, 5.41) is 5.24. The Morgan fingerprint density at radius 2 is 1.89 bits per heavy atom. The molecule has 3 amide bonds. The van der Waals surface area contributed by atoms with Gasteiger partial charge in [0.2, 0.25) is 5.60 Å². The van der Waals surface area contributed by atoms with Crippen molar-refractivity contribution in [2.45, 2.75) is 18.4 Å². The van der Waals surface area contributed by atoms with Crippen LogP contribution in [0, 0.1) is 0 Å². The summed E-state index contributed by atoms with van der Waals surface area (Å²) in [6.45, 7) is -0.678. The first kappa shape index (κ1) is 22.6. The van der Waals surface area contributed by atoms with E-state index in [9.17, 15) is 27.6 Å². The summed E-state index contributed by atoms with van der Waals surface area (Å²) in [5.74, 6) is -1.71. The normalized spacial score (nSPS) is 19.3. The molecule has 1 atom stereocenters. The Kier molecular flexibility index (Phi) is 5.85. The van der Waals surface area contributed by atoms with Crippen molar-refractivity contribution in [3.63, 3.8) is 0 Å². The van der Waals surface area contributed by atoms with E-state index in [-0.39, 0.29) is 17.0 Å². The van der Waals surface area contributed by atoms with Crippen LogP contribution in [0.5, 0.6) is 5.75 Å². The number of hydrogen-bond donors (Lipinski definition) is 0. The summed E-state index contributed by atoms with van der Waals surface area (Å²) in [5.41, 5.74) is -1.46. The number of methoxy groups -OCH3 is 2. The molecule has 0 saturated heterocycles. The van der Waals surface area contributed by atoms with Crippen LogP contribution in [0.25, 0.3) is 0 Å². The average molecular weight is 531 g/mol. The van der Waals surface area contributed by atoms with E-state index in [1.807, 2.05) is 0 Å². The van der Waals surface area contributed by atoms with E-state index in [1.165, 1.54) is 6.07 Å². The number of hydrazone groups is 1. The number of halogens is 4. The molecule has 2 aromatic carbocycles. The predicted molar refractivity (Wildman–Crippen MR) is 118 cm³/mol. The number of carbonyl (C=O) groups excluding carboxylic acids is 3. The zero-order chi connectivity index (χ0) is 28.0. The molecule has 0 radical (unpaired) electrons. The first-order valence-corrected chi connectivity index (χ1v) is 10.4. The molecular formula is C22H17ClF3N3O7. The fraction of sp³-hybridized carbons (Fsp3) is 0.273. The third-order valence-corrected chi connectivity index (χ3v) is 5.48. The second kappa shape index (κ2) is 9.32. The number of nitrogens with zero attached hydrogens (tertiary/aromatic N) is 3. The van der Waals surface area contributed by atoms with Gasteiger partial charge in [0.25, 0.3) is 0 Å². The van der Waals surface area contributed by atoms with Gasteiger partial charge in [-0.1, -0.05) is 17.7 Å². The molecule has 0 N–H and O–H groups in total. The second-order valence-electron chi connectivity index (χ2n) is 7.38. The topological polar surface area (TPSA) is 107 Å². The molecular weight excluding hydrogens is 512 g/mol. The third-order valence-electron chi connectivity index (χ3n) is 5.24. The molecule has 4 rings (SSSR count). The molecule has 190 valence electrons. The molecule has 14 heteroatoms. The largest absolute Gasteiger partial charge is 0.573 e. The van der Waals surface area contributed by atoms with Gasteiger partial charge >= 0.3 is 24.5 Å². The van der Waals surface area contributed by atoms with Crippen LogP contribution >= 0.6 is 11.6 Å². The zero-order valence-electron chi connectivity index (χ0n) is 20.5. The number of hydrogen-bond acceptors (Lipinski definition) is 8. The number of alkyl halides is 3. The van der Waals surface area contributed by atoms with E-state index >= 15 is 0 Å². The number of ether oxygens (including phenoxy) is 4. The molecule has 2 aliphatic rings. The lowest BCUT2D eigenvalue weighted by Gasteiger charge is -2.35. The summed E-state index contributed by atoms with van der Waals surface area (Å²) in [6.07, 6.45) is -6.48. The summed E-state index contributed by atoms with van der Waals surface area (Å²) in [4.78, 5) is 39.0. The number of carbonyl (C=O) groups is 3. The van der Waals surface area contributed by atoms with Crippen molar-refractivity contribution in [2.75, 3.05) is 25.9 Å². The molecule has 0 aromatic heterocycles. The van der Waals surface area contributed by atoms with Gasteiger partial charge in [-0.25, -0.2) is 14.4 Å². The molecule has 2 aromatic rings. The Morgan fingerprint density at radius 3 is 2.50 bits per heavy atom. The lowest BCUT2D eigenvalue weighted by Crippen LogP contribution is -2.56. The van der Waals surface area contributed by atoms with Crippen molar-refractivity contribution in [1.82, 2.24) is 5.01 Å². The van der Waals surface area contributed by atoms with Gasteiger partial charge in [0.15, 0.2) is 0 Å². The van der Waals surface area contributed by atoms with Gasteiger partial charge in [-0.3, -0.25) is 0 Å². The van der Waals surface area contributed by atoms with Crippen LogP contribution in [0.2, 0.25) is 5.02 Å². The van der Waals surface area contributed by atoms with Crippen LogP contribution in [0.4, 0.5) is 28.4 Å². The fourth-order valence-electron chi connectivity index (χ4n) is 3.73. The van der Waals surface area contributed by atoms with E-state index in [0.717, 1.165) is 14.2 Å². The summed E-state index contributed by atoms with van der Waals surface area (Å²) in [6, 6.07) is 2.88. The maximum Gasteiger partial charge on any atom is 0.573 e. The minimum absolute atomic E-state index is 0.00838. The minimum Gasteiger partial charge on any atom is -0.467 e. The van der Waals surface area contributed by atoms with Gasteiger partial charge < -0.3 is 18.9 Å². The summed E-state index contributed by atoms with van der Waals surface area (Å²) < 4.78 is 73.0. The van der Waals surface area contributed by atoms with Crippen LogP contribution in [-0.2, 0) is 25.4 Å². The van der Waals surface area contributed by atoms with Crippen LogP contribution in [-0.4, -0.2) is 61.7 Å². The monoisotopic (exact) mass is 530 g/mol. The molecule has 10 nitrogen and oxygen atoms in total. The highest BCUT2D eigenvalue weighted by Crippen LogP contribution is 2.39. The lowest BCUT2D eigenvalue weighted by atomic mass is 9.97. The van der Waals surface area contributed by atoms with Crippen LogP contribution < -0.4 is 9.64 Å². The predicted octanol–water partition coefficient (Wildman–Crippen LogP) is 4.09. The number of amides is 3. The van der Waals surface area contributed by atoms with Crippen LogP contribution in [0.15, 0.2) is 47.5 Å². The summed E-state index contributed by atoms with van der Waals surface area (Å²) in [7, 11) is 2.05. The molecule has 1 aliphatic heterocycles. The quantitative estimate of drug-likeness (QED) is 0.434. The second-order valence-corrected chi connectivity index (χ2v) is 7.82. The van der Waals surface area contributed by atoms with E-state index in [0.29, 0.717) is 33.3 Å². The van der Waals surface area contributed by atoms with Gasteiger partial charge in [-0.05, 0) is 41.9 Å². The van der Waals surface area contributed by atoms with Gasteiger partial charge in [-0.2, -0.15) is 15.0 Å². The van der Waals surface area contributed by atoms with Crippen molar-refractivity contribution >= 4 is 41.1 Å². The van der Waals surface area contributed by atoms with Gasteiger partial charge in [0, 0.05) is 17.0 Å². The minimum atomic E-state index is -5.10. The number of fused-ring (bicyclic) bond motifs is 3. The average Bonchev–Trinajstić information content (AvgIpc) is 3.17. The van der Waals surface area contributed by atoms with Crippen molar-refractivity contribution in [3.8, 4) is 5.75 Å². The van der Waals surface area contributed by atoms with E-state index in [1.54, 1.807) is 12.1 Å². The highest BCUT2D eigenvalue weighted by atomic mass is 35.5. The Labute approximate surface area is 209 Å². The Balaban J connectivity index is 1.78. The Bertz CT molecular complexity index is 1350. The Hall–Kier alpha value is -3.84. The number of urea groups is 1. The molecule has 1 aliphatic carbocycles. The van der Waals surface area contributed by atoms with Gasteiger partial charge in [-0.15, -0.1) is 13.2 Å². The number of anilines is 1. The molecule has 0 spiro atoms. The summed E-state index contributed by atoms with van der Waals surface area (Å²) >= 11 is 6.07. The van der Waals surface area contributed by atoms with E-state index < -0.39 is 60.3 Å². The number of rotatable bonds is 3. The van der Waals surface area contributed by atoms with Crippen molar-refractivity contribution in [2.24, 2.45) is 5.10 Å². The van der Waals surface area contributed by atoms with Gasteiger partial charge in [0.05, 0.1) is 22.6 Å². The first-order chi connectivity index (χ1) is 17.8. The molecule has 1 unspecified atom stereocenters. The first-order valence-electron chi connectivity index (χ1n) is 11.0. The molecule has 36 heavy (non-hydrogen) atoms. The lowest BCUT2D eigenvalue weighted by molar-refractivity contribution is -0.274. The van der Waals surface area contributed by atoms with Crippen molar-refractivity contribution < 1.29 is 49.2 Å². The Morgan fingerprint density at radius 1 is 1.19 bits per heavy atom. The van der Waals surface area contributed by atoms with Crippen LogP contribution in [0.3, 0.4) is 0 Å². The van der Waals surface area contributed by atoms with Gasteiger partial charge in [0.1, 0.15) is 18.2 Å². The molecule has 0 saturated carbocycles. The van der Waals surface area contributed by atoms with Crippen molar-refractivity contribution in [1.29, 1.82) is 0 Å². The SMILES string of the molecule is [2H]c1cc(OC(F)(F)F)cc([2H])c1[15N](C(=O)OC)C(=O)N1COC2(C(=O)OC)Cc3cc(Cl)ccc3C2=N1. The highest BCUT2D eigenvalue weighted by Gasteiger charge is 2.55. The van der Waals surface area contributed by atoms with Crippen LogP contribution in [0.1, 0.15) is 13.9 Å². The van der Waals surface area contributed by atoms with E-state index in [4.69, 9.17) is 23.8 Å². The molecule has 1 heterocycles. The number of esters is 1. The fourth-order valence-corrected chi connectivity index (χ4v) is 3.93. The maximum atomic E-state index is 13.5. The molecule has 0 bridgehead atoms. The third kappa shape index (κ3) is 4.54. The zero-order valence-corrected chi connectivity index (χ0v) is 19.3. The van der Waals surface area contributed by atoms with Crippen molar-refractivity contribution in [3.05, 3.63) is 58.6 Å². The molecule has 0 fully saturated rings.